The molecule has 0 aliphatic carbocycles. The van der Waals surface area contributed by atoms with Crippen LogP contribution in [0.15, 0.2) is 24.3 Å². The zero-order chi connectivity index (χ0) is 14.4. The SMILES string of the molecule is C=C(C)COCCNc1c([N+](=O)[O-])ccc(F)c1F. The van der Waals surface area contributed by atoms with Gasteiger partial charge in [0, 0.05) is 12.6 Å². The van der Waals surface area contributed by atoms with E-state index in [1.54, 1.807) is 6.92 Å². The molecule has 0 spiro atoms. The number of hydrogen-bond donors (Lipinski definition) is 1. The highest BCUT2D eigenvalue weighted by Gasteiger charge is 2.20. The largest absolute Gasteiger partial charge is 0.375 e. The lowest BCUT2D eigenvalue weighted by Crippen LogP contribution is -2.13. The van der Waals surface area contributed by atoms with Gasteiger partial charge in [-0.05, 0) is 13.0 Å². The number of nitro benzene ring substituents is 1. The van der Waals surface area contributed by atoms with E-state index >= 15 is 0 Å². The van der Waals surface area contributed by atoms with Crippen LogP contribution >= 0.6 is 0 Å². The van der Waals surface area contributed by atoms with E-state index in [0.717, 1.165) is 17.7 Å². The first-order valence-corrected chi connectivity index (χ1v) is 5.52. The van der Waals surface area contributed by atoms with Crippen molar-refractivity contribution < 1.29 is 18.4 Å². The molecule has 0 fully saturated rings. The maximum Gasteiger partial charge on any atom is 0.295 e. The first kappa shape index (κ1) is 15.0. The van der Waals surface area contributed by atoms with Crippen LogP contribution in [0, 0.1) is 21.7 Å². The topological polar surface area (TPSA) is 64.4 Å². The Morgan fingerprint density at radius 3 is 2.79 bits per heavy atom. The van der Waals surface area contributed by atoms with Gasteiger partial charge in [0.1, 0.15) is 0 Å². The van der Waals surface area contributed by atoms with Crippen molar-refractivity contribution in [1.82, 2.24) is 0 Å². The fraction of sp³-hybridized carbons (Fsp3) is 0.333. The van der Waals surface area contributed by atoms with Gasteiger partial charge in [-0.2, -0.15) is 0 Å². The first-order chi connectivity index (χ1) is 8.93. The smallest absolute Gasteiger partial charge is 0.295 e. The molecule has 1 aromatic carbocycles. The number of halogens is 2. The summed E-state index contributed by atoms with van der Waals surface area (Å²) in [6, 6.07) is 1.63. The van der Waals surface area contributed by atoms with Gasteiger partial charge in [-0.15, -0.1) is 0 Å². The van der Waals surface area contributed by atoms with E-state index in [1.807, 2.05) is 0 Å². The highest BCUT2D eigenvalue weighted by atomic mass is 19.2. The van der Waals surface area contributed by atoms with Gasteiger partial charge >= 0.3 is 0 Å². The lowest BCUT2D eigenvalue weighted by atomic mass is 10.2. The number of nitro groups is 1. The van der Waals surface area contributed by atoms with Gasteiger partial charge in [0.15, 0.2) is 17.3 Å². The quantitative estimate of drug-likeness (QED) is 0.359. The van der Waals surface area contributed by atoms with Crippen molar-refractivity contribution in [3.63, 3.8) is 0 Å². The van der Waals surface area contributed by atoms with Crippen LogP contribution < -0.4 is 5.32 Å². The molecule has 0 bridgehead atoms. The monoisotopic (exact) mass is 272 g/mol. The van der Waals surface area contributed by atoms with Crippen LogP contribution in [-0.2, 0) is 4.74 Å². The molecule has 0 unspecified atom stereocenters. The Labute approximate surface area is 109 Å². The van der Waals surface area contributed by atoms with E-state index < -0.39 is 27.9 Å². The lowest BCUT2D eigenvalue weighted by Gasteiger charge is -2.09. The maximum atomic E-state index is 13.5. The summed E-state index contributed by atoms with van der Waals surface area (Å²) in [5.41, 5.74) is -0.161. The number of nitrogens with one attached hydrogen (secondary N) is 1. The Hall–Kier alpha value is -2.02. The maximum absolute atomic E-state index is 13.5. The molecule has 5 nitrogen and oxygen atoms in total. The standard InChI is InChI=1S/C12H14F2N2O3/c1-8(2)7-19-6-5-15-12-10(16(17)18)4-3-9(13)11(12)14/h3-4,15H,1,5-7H2,2H3. The molecule has 1 N–H and O–H groups in total. The highest BCUT2D eigenvalue weighted by Crippen LogP contribution is 2.28. The van der Waals surface area contributed by atoms with Crippen molar-refractivity contribution >= 4 is 11.4 Å². The van der Waals surface area contributed by atoms with Gasteiger partial charge in [0.05, 0.1) is 18.1 Å². The van der Waals surface area contributed by atoms with Crippen molar-refractivity contribution in [3.8, 4) is 0 Å². The van der Waals surface area contributed by atoms with Crippen molar-refractivity contribution in [2.24, 2.45) is 0 Å². The zero-order valence-electron chi connectivity index (χ0n) is 10.4. The van der Waals surface area contributed by atoms with Gasteiger partial charge in [-0.25, -0.2) is 8.78 Å². The molecule has 0 aliphatic heterocycles. The van der Waals surface area contributed by atoms with Crippen LogP contribution in [0.3, 0.4) is 0 Å². The van der Waals surface area contributed by atoms with Gasteiger partial charge in [0.2, 0.25) is 0 Å². The molecule has 0 heterocycles. The third-order valence-corrected chi connectivity index (χ3v) is 2.17. The number of ether oxygens (including phenoxy) is 1. The van der Waals surface area contributed by atoms with Crippen LogP contribution in [0.25, 0.3) is 0 Å². The van der Waals surface area contributed by atoms with Crippen LogP contribution in [0.2, 0.25) is 0 Å². The molecule has 104 valence electrons. The van der Waals surface area contributed by atoms with E-state index in [1.165, 1.54) is 0 Å². The summed E-state index contributed by atoms with van der Waals surface area (Å²) in [4.78, 5) is 9.92. The van der Waals surface area contributed by atoms with E-state index in [-0.39, 0.29) is 13.2 Å². The Bertz CT molecular complexity index is 492. The predicted octanol–water partition coefficient (Wildman–Crippen LogP) is 2.88. The number of hydrogen-bond acceptors (Lipinski definition) is 4. The molecule has 0 aliphatic rings. The van der Waals surface area contributed by atoms with Gasteiger partial charge in [-0.3, -0.25) is 10.1 Å². The fourth-order valence-corrected chi connectivity index (χ4v) is 1.36. The fourth-order valence-electron chi connectivity index (χ4n) is 1.36. The molecule has 7 heteroatoms. The van der Waals surface area contributed by atoms with Crippen molar-refractivity contribution in [1.29, 1.82) is 0 Å². The molecule has 0 aromatic heterocycles. The lowest BCUT2D eigenvalue weighted by molar-refractivity contribution is -0.384. The van der Waals surface area contributed by atoms with Crippen molar-refractivity contribution in [2.75, 3.05) is 25.1 Å². The minimum absolute atomic E-state index is 0.120. The van der Waals surface area contributed by atoms with E-state index in [9.17, 15) is 18.9 Å². The molecule has 0 amide bonds. The highest BCUT2D eigenvalue weighted by molar-refractivity contribution is 5.62. The molecular weight excluding hydrogens is 258 g/mol. The zero-order valence-corrected chi connectivity index (χ0v) is 10.4. The third-order valence-electron chi connectivity index (χ3n) is 2.17. The molecule has 0 radical (unpaired) electrons. The minimum atomic E-state index is -1.27. The van der Waals surface area contributed by atoms with Crippen LogP contribution in [0.5, 0.6) is 0 Å². The van der Waals surface area contributed by atoms with Crippen molar-refractivity contribution in [2.45, 2.75) is 6.92 Å². The van der Waals surface area contributed by atoms with Crippen LogP contribution in [-0.4, -0.2) is 24.7 Å². The normalized spacial score (nSPS) is 10.3. The Morgan fingerprint density at radius 1 is 1.53 bits per heavy atom. The van der Waals surface area contributed by atoms with E-state index in [0.29, 0.717) is 6.61 Å². The molecule has 0 saturated carbocycles. The summed E-state index contributed by atoms with van der Waals surface area (Å²) in [5.74, 6) is -2.41. The molecule has 1 rings (SSSR count). The Kier molecular flexibility index (Phi) is 5.37. The predicted molar refractivity (Wildman–Crippen MR) is 67.1 cm³/mol. The summed E-state index contributed by atoms with van der Waals surface area (Å²) in [7, 11) is 0. The average molecular weight is 272 g/mol. The van der Waals surface area contributed by atoms with Gasteiger partial charge < -0.3 is 10.1 Å². The molecular formula is C12H14F2N2O3. The second-order valence-corrected chi connectivity index (χ2v) is 3.95. The van der Waals surface area contributed by atoms with Crippen LogP contribution in [0.1, 0.15) is 6.92 Å². The molecule has 1 aromatic rings. The van der Waals surface area contributed by atoms with Crippen LogP contribution in [0.4, 0.5) is 20.2 Å². The number of benzene rings is 1. The Morgan fingerprint density at radius 2 is 2.21 bits per heavy atom. The minimum Gasteiger partial charge on any atom is -0.375 e. The number of anilines is 1. The molecule has 0 saturated heterocycles. The van der Waals surface area contributed by atoms with E-state index in [4.69, 9.17) is 4.74 Å². The molecule has 0 atom stereocenters. The van der Waals surface area contributed by atoms with E-state index in [2.05, 4.69) is 11.9 Å². The molecule has 19 heavy (non-hydrogen) atoms. The Balaban J connectivity index is 2.68. The first-order valence-electron chi connectivity index (χ1n) is 5.52. The summed E-state index contributed by atoms with van der Waals surface area (Å²) >= 11 is 0. The summed E-state index contributed by atoms with van der Waals surface area (Å²) < 4.78 is 31.6. The van der Waals surface area contributed by atoms with Crippen molar-refractivity contribution in [3.05, 3.63) is 46.0 Å². The van der Waals surface area contributed by atoms with Gasteiger partial charge in [0.25, 0.3) is 5.69 Å². The second kappa shape index (κ2) is 6.79. The third kappa shape index (κ3) is 4.29. The summed E-state index contributed by atoms with van der Waals surface area (Å²) in [6.45, 7) is 6.07. The number of rotatable bonds is 7. The number of nitrogens with zero attached hydrogens (tertiary/aromatic N) is 1. The summed E-state index contributed by atoms with van der Waals surface area (Å²) in [5, 5.41) is 13.2. The van der Waals surface area contributed by atoms with Gasteiger partial charge in [-0.1, -0.05) is 12.2 Å². The summed E-state index contributed by atoms with van der Waals surface area (Å²) in [6.07, 6.45) is 0. The average Bonchev–Trinajstić information content (AvgIpc) is 2.33. The second-order valence-electron chi connectivity index (χ2n) is 3.95.